The molecule has 4 rings (SSSR count). The lowest BCUT2D eigenvalue weighted by molar-refractivity contribution is -0.129. The zero-order valence-electron chi connectivity index (χ0n) is 16.1. The molecule has 1 amide bonds. The number of aromatic nitrogens is 2. The molecule has 2 heterocycles. The highest BCUT2D eigenvalue weighted by Gasteiger charge is 2.67. The second-order valence-electron chi connectivity index (χ2n) is 7.41. The molecule has 3 atom stereocenters. The molecule has 6 nitrogen and oxygen atoms in total. The summed E-state index contributed by atoms with van der Waals surface area (Å²) < 4.78 is 29.1. The summed E-state index contributed by atoms with van der Waals surface area (Å²) in [7, 11) is 3.37. The van der Waals surface area contributed by atoms with Crippen LogP contribution in [0.15, 0.2) is 40.2 Å². The van der Waals surface area contributed by atoms with Gasteiger partial charge in [-0.1, -0.05) is 17.8 Å². The summed E-state index contributed by atoms with van der Waals surface area (Å²) in [6.45, 7) is 0. The van der Waals surface area contributed by atoms with Gasteiger partial charge >= 0.3 is 0 Å². The van der Waals surface area contributed by atoms with Crippen molar-refractivity contribution in [3.05, 3.63) is 57.8 Å². The summed E-state index contributed by atoms with van der Waals surface area (Å²) >= 11 is 4.39. The Kier molecular flexibility index (Phi) is 5.39. The first-order chi connectivity index (χ1) is 14.2. The van der Waals surface area contributed by atoms with Gasteiger partial charge in [0.2, 0.25) is 5.91 Å². The van der Waals surface area contributed by atoms with Crippen LogP contribution >= 0.6 is 27.7 Å². The Morgan fingerprint density at radius 3 is 2.80 bits per heavy atom. The molecule has 1 aromatic carbocycles. The largest absolute Gasteiger partial charge is 0.378 e. The van der Waals surface area contributed by atoms with E-state index in [0.29, 0.717) is 22.2 Å². The minimum atomic E-state index is -0.712. The van der Waals surface area contributed by atoms with E-state index in [1.807, 2.05) is 0 Å². The zero-order valence-corrected chi connectivity index (χ0v) is 18.5. The van der Waals surface area contributed by atoms with E-state index in [1.165, 1.54) is 47.3 Å². The van der Waals surface area contributed by atoms with Crippen LogP contribution < -0.4 is 5.73 Å². The van der Waals surface area contributed by atoms with Gasteiger partial charge in [0.25, 0.3) is 0 Å². The van der Waals surface area contributed by atoms with Crippen molar-refractivity contribution in [2.75, 3.05) is 14.1 Å². The first kappa shape index (κ1) is 20.9. The summed E-state index contributed by atoms with van der Waals surface area (Å²) in [6.07, 6.45) is 4.52. The predicted molar refractivity (Wildman–Crippen MR) is 117 cm³/mol. The number of aliphatic imine (C=N–C) groups is 1. The number of amides is 1. The molecular weight excluding hydrogens is 476 g/mol. The molecule has 0 radical (unpaired) electrons. The Balaban J connectivity index is 1.67. The van der Waals surface area contributed by atoms with Crippen molar-refractivity contribution in [2.45, 2.75) is 17.2 Å². The van der Waals surface area contributed by atoms with E-state index in [0.717, 1.165) is 0 Å². The zero-order chi connectivity index (χ0) is 21.6. The average Bonchev–Trinajstić information content (AvgIpc) is 3.44. The Bertz CT molecular complexity index is 1080. The van der Waals surface area contributed by atoms with Crippen molar-refractivity contribution in [3.8, 4) is 0 Å². The first-order valence-corrected chi connectivity index (χ1v) is 10.7. The summed E-state index contributed by atoms with van der Waals surface area (Å²) in [5.74, 6) is -1.29. The molecule has 10 heteroatoms. The number of halogens is 3. The third-order valence-corrected chi connectivity index (χ3v) is 6.89. The maximum atomic E-state index is 14.7. The number of amidine groups is 1. The number of nitrogens with zero attached hydrogens (tertiary/aromatic N) is 4. The van der Waals surface area contributed by atoms with Crippen LogP contribution in [0, 0.1) is 11.7 Å². The monoisotopic (exact) mass is 493 g/mol. The van der Waals surface area contributed by atoms with E-state index in [4.69, 9.17) is 5.73 Å². The second kappa shape index (κ2) is 7.73. The van der Waals surface area contributed by atoms with Crippen molar-refractivity contribution in [3.63, 3.8) is 0 Å². The number of fused-ring (bicyclic) bond motifs is 1. The summed E-state index contributed by atoms with van der Waals surface area (Å²) in [6, 6.07) is 3.69. The van der Waals surface area contributed by atoms with Gasteiger partial charge in [-0.25, -0.2) is 18.7 Å². The van der Waals surface area contributed by atoms with E-state index in [9.17, 15) is 13.6 Å². The smallest absolute Gasteiger partial charge is 0.239 e. The van der Waals surface area contributed by atoms with E-state index in [2.05, 4.69) is 30.9 Å². The molecule has 0 saturated heterocycles. The molecule has 1 aliphatic heterocycles. The number of benzene rings is 1. The quantitative estimate of drug-likeness (QED) is 0.700. The topological polar surface area (TPSA) is 84.5 Å². The van der Waals surface area contributed by atoms with Crippen LogP contribution in [-0.4, -0.2) is 44.8 Å². The standard InChI is InChI=1S/C20H18BrF2N5OS/c1-28(2)18(29)20-7-12(20)17(27-19(24)30-20)11-5-10(3-4-13(11)22)6-14(23)15-8-26-16(21)9-25-15/h3-6,8-9,12,17H,7H2,1-2H3,(H2,24,27)/b14-6-. The van der Waals surface area contributed by atoms with Crippen LogP contribution in [0.2, 0.25) is 0 Å². The summed E-state index contributed by atoms with van der Waals surface area (Å²) in [5, 5.41) is 0.251. The Morgan fingerprint density at radius 1 is 1.37 bits per heavy atom. The highest BCUT2D eigenvalue weighted by molar-refractivity contribution is 9.10. The van der Waals surface area contributed by atoms with Gasteiger partial charge in [-0.15, -0.1) is 0 Å². The fourth-order valence-electron chi connectivity index (χ4n) is 3.68. The van der Waals surface area contributed by atoms with Crippen LogP contribution in [0.5, 0.6) is 0 Å². The third kappa shape index (κ3) is 3.74. The van der Waals surface area contributed by atoms with Crippen molar-refractivity contribution in [1.29, 1.82) is 0 Å². The van der Waals surface area contributed by atoms with Crippen molar-refractivity contribution >= 4 is 50.7 Å². The Hall–Kier alpha value is -2.33. The molecule has 30 heavy (non-hydrogen) atoms. The number of hydrogen-bond acceptors (Lipinski definition) is 6. The molecule has 0 spiro atoms. The summed E-state index contributed by atoms with van der Waals surface area (Å²) in [5.41, 5.74) is 6.80. The molecule has 1 saturated carbocycles. The van der Waals surface area contributed by atoms with Gasteiger partial charge in [0.15, 0.2) is 11.0 Å². The minimum Gasteiger partial charge on any atom is -0.378 e. The molecule has 2 aliphatic rings. The summed E-state index contributed by atoms with van der Waals surface area (Å²) in [4.78, 5) is 26.5. The van der Waals surface area contributed by atoms with Crippen LogP contribution in [0.4, 0.5) is 8.78 Å². The molecule has 2 aromatic rings. The SMILES string of the molecule is CN(C)C(=O)C12CC1C(c1cc(/C=C(\F)c3cnc(Br)cn3)ccc1F)N=C(N)S2. The predicted octanol–water partition coefficient (Wildman–Crippen LogP) is 3.80. The molecule has 0 bridgehead atoms. The molecule has 1 fully saturated rings. The molecule has 1 aromatic heterocycles. The van der Waals surface area contributed by atoms with Gasteiger partial charge in [-0.05, 0) is 46.1 Å². The maximum Gasteiger partial charge on any atom is 0.239 e. The Morgan fingerprint density at radius 2 is 2.13 bits per heavy atom. The van der Waals surface area contributed by atoms with Gasteiger partial charge in [0, 0.05) is 25.6 Å². The van der Waals surface area contributed by atoms with Crippen molar-refractivity contribution < 1.29 is 13.6 Å². The fourth-order valence-corrected chi connectivity index (χ4v) is 5.24. The molecule has 1 aliphatic carbocycles. The normalized spacial score (nSPS) is 25.4. The minimum absolute atomic E-state index is 0.0586. The number of carbonyl (C=O) groups is 1. The Labute approximate surface area is 184 Å². The number of nitrogens with two attached hydrogens (primary N) is 1. The lowest BCUT2D eigenvalue weighted by atomic mass is 9.98. The number of hydrogen-bond donors (Lipinski definition) is 1. The average molecular weight is 494 g/mol. The van der Waals surface area contributed by atoms with Gasteiger partial charge in [0.05, 0.1) is 18.4 Å². The lowest BCUT2D eigenvalue weighted by Gasteiger charge is -2.27. The highest BCUT2D eigenvalue weighted by Crippen LogP contribution is 2.64. The maximum absolute atomic E-state index is 14.7. The van der Waals surface area contributed by atoms with E-state index in [1.54, 1.807) is 20.2 Å². The van der Waals surface area contributed by atoms with Crippen molar-refractivity contribution in [2.24, 2.45) is 16.6 Å². The lowest BCUT2D eigenvalue weighted by Crippen LogP contribution is -2.39. The van der Waals surface area contributed by atoms with Crippen LogP contribution in [0.25, 0.3) is 11.9 Å². The number of rotatable bonds is 4. The van der Waals surface area contributed by atoms with E-state index >= 15 is 0 Å². The van der Waals surface area contributed by atoms with E-state index in [-0.39, 0.29) is 22.7 Å². The third-order valence-electron chi connectivity index (χ3n) is 5.16. The van der Waals surface area contributed by atoms with E-state index < -0.39 is 22.4 Å². The molecule has 3 unspecified atom stereocenters. The number of thioether (sulfide) groups is 1. The highest BCUT2D eigenvalue weighted by atomic mass is 79.9. The van der Waals surface area contributed by atoms with Gasteiger partial charge in [0.1, 0.15) is 20.9 Å². The molecule has 2 N–H and O–H groups in total. The van der Waals surface area contributed by atoms with Crippen molar-refractivity contribution in [1.82, 2.24) is 14.9 Å². The van der Waals surface area contributed by atoms with Gasteiger partial charge in [-0.2, -0.15) is 0 Å². The second-order valence-corrected chi connectivity index (χ2v) is 9.57. The molecule has 156 valence electrons. The van der Waals surface area contributed by atoms with Gasteiger partial charge in [-0.3, -0.25) is 9.79 Å². The number of carbonyl (C=O) groups excluding carboxylic acids is 1. The van der Waals surface area contributed by atoms with Crippen LogP contribution in [-0.2, 0) is 4.79 Å². The first-order valence-electron chi connectivity index (χ1n) is 9.10. The fraction of sp³-hybridized carbons (Fsp3) is 0.300. The molecular formula is C20H18BrF2N5OS. The van der Waals surface area contributed by atoms with Crippen LogP contribution in [0.1, 0.15) is 29.3 Å². The van der Waals surface area contributed by atoms with Crippen LogP contribution in [0.3, 0.4) is 0 Å². The van der Waals surface area contributed by atoms with Gasteiger partial charge < -0.3 is 10.6 Å².